The fraction of sp³-hybridized carbons (Fsp3) is 0.500. The number of aromatic nitrogens is 2. The summed E-state index contributed by atoms with van der Waals surface area (Å²) >= 11 is 0. The number of amides is 1. The van der Waals surface area contributed by atoms with Crippen molar-refractivity contribution < 1.29 is 4.79 Å². The minimum Gasteiger partial charge on any atom is -0.371 e. The van der Waals surface area contributed by atoms with Crippen LogP contribution in [0.5, 0.6) is 0 Å². The monoisotopic (exact) mass is 498 g/mol. The van der Waals surface area contributed by atoms with E-state index in [1.165, 1.54) is 38.0 Å². The van der Waals surface area contributed by atoms with Crippen LogP contribution >= 0.6 is 0 Å². The molecule has 1 spiro atoms. The number of nitrogens with zero attached hydrogens (tertiary/aromatic N) is 4. The molecule has 194 valence electrons. The van der Waals surface area contributed by atoms with Crippen molar-refractivity contribution in [3.63, 3.8) is 0 Å². The molecule has 3 aliphatic rings. The molecule has 7 heteroatoms. The minimum atomic E-state index is 0.121. The van der Waals surface area contributed by atoms with E-state index in [9.17, 15) is 4.79 Å². The first-order valence-corrected chi connectivity index (χ1v) is 13.9. The first kappa shape index (κ1) is 24.2. The van der Waals surface area contributed by atoms with Crippen LogP contribution in [0.4, 0.5) is 17.3 Å². The molecule has 0 radical (unpaired) electrons. The Morgan fingerprint density at radius 2 is 1.78 bits per heavy atom. The van der Waals surface area contributed by atoms with Gasteiger partial charge in [-0.2, -0.15) is 0 Å². The van der Waals surface area contributed by atoms with Gasteiger partial charge in [0, 0.05) is 61.6 Å². The van der Waals surface area contributed by atoms with Crippen molar-refractivity contribution in [1.29, 1.82) is 0 Å². The summed E-state index contributed by atoms with van der Waals surface area (Å²) in [5.41, 5.74) is 3.77. The highest BCUT2D eigenvalue weighted by molar-refractivity contribution is 5.92. The lowest BCUT2D eigenvalue weighted by Gasteiger charge is -2.40. The number of carbonyl (C=O) groups is 1. The molecule has 3 fully saturated rings. The van der Waals surface area contributed by atoms with Crippen LogP contribution in [0.3, 0.4) is 0 Å². The van der Waals surface area contributed by atoms with Gasteiger partial charge in [0.25, 0.3) is 0 Å². The summed E-state index contributed by atoms with van der Waals surface area (Å²) in [7, 11) is 0. The van der Waals surface area contributed by atoms with Crippen LogP contribution < -0.4 is 20.4 Å². The smallest absolute Gasteiger partial charge is 0.224 e. The molecule has 2 aromatic carbocycles. The molecule has 2 N–H and O–H groups in total. The van der Waals surface area contributed by atoms with Crippen molar-refractivity contribution >= 4 is 34.1 Å². The summed E-state index contributed by atoms with van der Waals surface area (Å²) in [6, 6.07) is 17.3. The van der Waals surface area contributed by atoms with E-state index in [2.05, 4.69) is 49.8 Å². The van der Waals surface area contributed by atoms with E-state index in [1.54, 1.807) is 6.92 Å². The first-order valence-electron chi connectivity index (χ1n) is 13.9. The minimum absolute atomic E-state index is 0.121. The summed E-state index contributed by atoms with van der Waals surface area (Å²) in [5.74, 6) is 0.810. The van der Waals surface area contributed by atoms with E-state index >= 15 is 0 Å². The van der Waals surface area contributed by atoms with Gasteiger partial charge in [-0.1, -0.05) is 18.2 Å². The Balaban J connectivity index is 1.06. The van der Waals surface area contributed by atoms with Gasteiger partial charge in [0.05, 0.1) is 5.52 Å². The Kier molecular flexibility index (Phi) is 6.72. The Bertz CT molecular complexity index is 1220. The first-order chi connectivity index (χ1) is 18.1. The topological polar surface area (TPSA) is 73.4 Å². The van der Waals surface area contributed by atoms with E-state index in [0.29, 0.717) is 17.4 Å². The van der Waals surface area contributed by atoms with Crippen LogP contribution in [0.1, 0.15) is 51.9 Å². The number of anilines is 3. The van der Waals surface area contributed by atoms with Gasteiger partial charge in [-0.05, 0) is 87.2 Å². The predicted molar refractivity (Wildman–Crippen MR) is 150 cm³/mol. The normalized spacial score (nSPS) is 23.3. The van der Waals surface area contributed by atoms with E-state index in [1.807, 2.05) is 35.4 Å². The third-order valence-corrected chi connectivity index (χ3v) is 8.87. The summed E-state index contributed by atoms with van der Waals surface area (Å²) < 4.78 is 0. The molecule has 1 aliphatic carbocycles. The maximum atomic E-state index is 12.7. The third kappa shape index (κ3) is 5.14. The molecular formula is C30H38N6O. The van der Waals surface area contributed by atoms with Crippen molar-refractivity contribution in [3.8, 4) is 0 Å². The SMILES string of the molecule is CC(=O)N(c1ccc(N2CCC3(CCNC3)CC2)cc1)C1CCC(Nc2ncc3ccccc3n2)CC1. The number of para-hydroxylation sites is 1. The molecule has 2 saturated heterocycles. The van der Waals surface area contributed by atoms with Gasteiger partial charge in [-0.25, -0.2) is 9.97 Å². The molecule has 0 bridgehead atoms. The lowest BCUT2D eigenvalue weighted by Crippen LogP contribution is -2.43. The maximum Gasteiger partial charge on any atom is 0.224 e. The molecule has 1 saturated carbocycles. The van der Waals surface area contributed by atoms with Gasteiger partial charge >= 0.3 is 0 Å². The van der Waals surface area contributed by atoms with Crippen LogP contribution in [0, 0.1) is 5.41 Å². The fourth-order valence-corrected chi connectivity index (χ4v) is 6.64. The second-order valence-corrected chi connectivity index (χ2v) is 11.2. The third-order valence-electron chi connectivity index (χ3n) is 8.87. The van der Waals surface area contributed by atoms with Crippen molar-refractivity contribution in [2.24, 2.45) is 5.41 Å². The second kappa shape index (κ2) is 10.3. The molecule has 7 nitrogen and oxygen atoms in total. The quantitative estimate of drug-likeness (QED) is 0.517. The van der Waals surface area contributed by atoms with Crippen molar-refractivity contribution in [2.75, 3.05) is 41.3 Å². The molecular weight excluding hydrogens is 460 g/mol. The molecule has 37 heavy (non-hydrogen) atoms. The molecule has 1 aromatic heterocycles. The van der Waals surface area contributed by atoms with Gasteiger partial charge in [-0.3, -0.25) is 4.79 Å². The Morgan fingerprint density at radius 3 is 2.49 bits per heavy atom. The van der Waals surface area contributed by atoms with Gasteiger partial charge in [0.2, 0.25) is 11.9 Å². The maximum absolute atomic E-state index is 12.7. The molecule has 0 unspecified atom stereocenters. The Hall–Kier alpha value is -3.19. The molecule has 3 heterocycles. The Morgan fingerprint density at radius 1 is 1.03 bits per heavy atom. The lowest BCUT2D eigenvalue weighted by atomic mass is 9.78. The second-order valence-electron chi connectivity index (χ2n) is 11.2. The zero-order valence-corrected chi connectivity index (χ0v) is 21.8. The zero-order chi connectivity index (χ0) is 25.2. The van der Waals surface area contributed by atoms with Gasteiger partial charge in [0.15, 0.2) is 0 Å². The van der Waals surface area contributed by atoms with Crippen molar-refractivity contribution in [3.05, 3.63) is 54.7 Å². The average Bonchev–Trinajstić information content (AvgIpc) is 3.38. The van der Waals surface area contributed by atoms with Crippen molar-refractivity contribution in [2.45, 2.75) is 64.0 Å². The number of rotatable bonds is 5. The van der Waals surface area contributed by atoms with E-state index in [4.69, 9.17) is 0 Å². The van der Waals surface area contributed by atoms with Crippen molar-refractivity contribution in [1.82, 2.24) is 15.3 Å². The Labute approximate surface area is 219 Å². The summed E-state index contributed by atoms with van der Waals surface area (Å²) in [6.07, 6.45) is 9.65. The fourth-order valence-electron chi connectivity index (χ4n) is 6.64. The molecule has 1 amide bonds. The van der Waals surface area contributed by atoms with E-state index in [-0.39, 0.29) is 11.9 Å². The predicted octanol–water partition coefficient (Wildman–Crippen LogP) is 4.99. The lowest BCUT2D eigenvalue weighted by molar-refractivity contribution is -0.117. The van der Waals surface area contributed by atoms with Gasteiger partial charge in [-0.15, -0.1) is 0 Å². The standard InChI is InChI=1S/C30H38N6O/c1-22(37)36(27-12-10-25(11-13-27)35-18-15-30(16-19-35)14-17-31-21-30)26-8-6-24(7-9-26)33-29-32-20-23-4-2-3-5-28(23)34-29/h2-5,10-13,20,24,26,31H,6-9,14-19,21H2,1H3,(H,32,33,34). The number of nitrogens with one attached hydrogen (secondary N) is 2. The van der Waals surface area contributed by atoms with Gasteiger partial charge < -0.3 is 20.4 Å². The highest BCUT2D eigenvalue weighted by Crippen LogP contribution is 2.38. The van der Waals surface area contributed by atoms with E-state index < -0.39 is 0 Å². The number of hydrogen-bond acceptors (Lipinski definition) is 6. The number of fused-ring (bicyclic) bond motifs is 1. The van der Waals surface area contributed by atoms with Crippen LogP contribution in [0.25, 0.3) is 10.9 Å². The van der Waals surface area contributed by atoms with Crippen LogP contribution in [-0.2, 0) is 4.79 Å². The number of piperidine rings is 1. The van der Waals surface area contributed by atoms with Crippen LogP contribution in [0.15, 0.2) is 54.7 Å². The molecule has 2 aliphatic heterocycles. The van der Waals surface area contributed by atoms with Crippen LogP contribution in [-0.4, -0.2) is 54.1 Å². The highest BCUT2D eigenvalue weighted by atomic mass is 16.2. The van der Waals surface area contributed by atoms with Gasteiger partial charge in [0.1, 0.15) is 0 Å². The number of benzene rings is 2. The zero-order valence-electron chi connectivity index (χ0n) is 21.8. The number of hydrogen-bond donors (Lipinski definition) is 2. The largest absolute Gasteiger partial charge is 0.371 e. The summed E-state index contributed by atoms with van der Waals surface area (Å²) in [4.78, 5) is 26.4. The average molecular weight is 499 g/mol. The summed E-state index contributed by atoms with van der Waals surface area (Å²) in [5, 5.41) is 8.13. The summed E-state index contributed by atoms with van der Waals surface area (Å²) in [6.45, 7) is 6.29. The highest BCUT2D eigenvalue weighted by Gasteiger charge is 2.37. The molecule has 6 rings (SSSR count). The number of carbonyl (C=O) groups excluding carboxylic acids is 1. The van der Waals surface area contributed by atoms with Crippen LogP contribution in [0.2, 0.25) is 0 Å². The molecule has 3 aromatic rings. The molecule has 0 atom stereocenters. The van der Waals surface area contributed by atoms with E-state index in [0.717, 1.165) is 55.4 Å².